The van der Waals surface area contributed by atoms with E-state index in [1.54, 1.807) is 19.1 Å². The minimum atomic E-state index is -0.765. The molecule has 4 heteroatoms. The van der Waals surface area contributed by atoms with Crippen LogP contribution in [0, 0.1) is 0 Å². The van der Waals surface area contributed by atoms with Crippen molar-refractivity contribution in [2.24, 2.45) is 0 Å². The first-order chi connectivity index (χ1) is 10.1. The van der Waals surface area contributed by atoms with Crippen molar-refractivity contribution in [3.63, 3.8) is 0 Å². The van der Waals surface area contributed by atoms with E-state index in [2.05, 4.69) is 0 Å². The molecular formula is C17H16O3S. The van der Waals surface area contributed by atoms with E-state index < -0.39 is 12.1 Å². The van der Waals surface area contributed by atoms with E-state index in [0.717, 1.165) is 19.3 Å². The molecule has 3 nitrogen and oxygen atoms in total. The Balaban J connectivity index is 1.71. The zero-order chi connectivity index (χ0) is 14.8. The fourth-order valence-corrected chi connectivity index (χ4v) is 3.23. The van der Waals surface area contributed by atoms with E-state index in [0.29, 0.717) is 10.4 Å². The third-order valence-corrected chi connectivity index (χ3v) is 4.61. The first-order valence-corrected chi connectivity index (χ1v) is 7.93. The van der Waals surface area contributed by atoms with Crippen LogP contribution < -0.4 is 0 Å². The van der Waals surface area contributed by atoms with Crippen LogP contribution in [-0.4, -0.2) is 17.9 Å². The summed E-state index contributed by atoms with van der Waals surface area (Å²) in [6, 6.07) is 9.28. The highest BCUT2D eigenvalue weighted by atomic mass is 32.1. The number of benzene rings is 1. The van der Waals surface area contributed by atoms with Gasteiger partial charge in [-0.15, -0.1) is 11.3 Å². The van der Waals surface area contributed by atoms with Gasteiger partial charge < -0.3 is 4.74 Å². The number of hydrogen-bond donors (Lipinski definition) is 0. The molecule has 2 aromatic rings. The molecule has 0 saturated carbocycles. The van der Waals surface area contributed by atoms with Crippen molar-refractivity contribution in [3.05, 3.63) is 57.3 Å². The Hall–Kier alpha value is -1.94. The lowest BCUT2D eigenvalue weighted by molar-refractivity contribution is 0.0323. The maximum atomic E-state index is 12.4. The lowest BCUT2D eigenvalue weighted by Gasteiger charge is -2.12. The molecule has 1 aliphatic rings. The molecule has 0 bridgehead atoms. The molecule has 0 spiro atoms. The van der Waals surface area contributed by atoms with Crippen molar-refractivity contribution in [1.82, 2.24) is 0 Å². The summed E-state index contributed by atoms with van der Waals surface area (Å²) >= 11 is 1.31. The second-order valence-corrected chi connectivity index (χ2v) is 6.17. The van der Waals surface area contributed by atoms with Crippen molar-refractivity contribution in [3.8, 4) is 0 Å². The predicted octanol–water partition coefficient (Wildman–Crippen LogP) is 3.67. The number of esters is 1. The third-order valence-electron chi connectivity index (χ3n) is 3.76. The van der Waals surface area contributed by atoms with Gasteiger partial charge in [0, 0.05) is 5.56 Å². The summed E-state index contributed by atoms with van der Waals surface area (Å²) in [5, 5.41) is 1.81. The van der Waals surface area contributed by atoms with Crippen LogP contribution >= 0.6 is 11.3 Å². The number of rotatable bonds is 4. The quantitative estimate of drug-likeness (QED) is 0.639. The maximum absolute atomic E-state index is 12.4. The molecular weight excluding hydrogens is 284 g/mol. The predicted molar refractivity (Wildman–Crippen MR) is 82.0 cm³/mol. The average Bonchev–Trinajstić information content (AvgIpc) is 3.16. The zero-order valence-corrected chi connectivity index (χ0v) is 12.6. The van der Waals surface area contributed by atoms with Gasteiger partial charge >= 0.3 is 5.97 Å². The number of fused-ring (bicyclic) bond motifs is 1. The fourth-order valence-electron chi connectivity index (χ4n) is 2.63. The summed E-state index contributed by atoms with van der Waals surface area (Å²) in [6.45, 7) is 1.63. The Morgan fingerprint density at radius 1 is 1.19 bits per heavy atom. The first kappa shape index (κ1) is 14.0. The van der Waals surface area contributed by atoms with Crippen molar-refractivity contribution < 1.29 is 14.3 Å². The van der Waals surface area contributed by atoms with Gasteiger partial charge in [0.2, 0.25) is 5.78 Å². The third kappa shape index (κ3) is 2.90. The smallest absolute Gasteiger partial charge is 0.349 e. The van der Waals surface area contributed by atoms with Crippen LogP contribution in [0.25, 0.3) is 0 Å². The second-order valence-electron chi connectivity index (χ2n) is 5.23. The van der Waals surface area contributed by atoms with Crippen LogP contribution in [-0.2, 0) is 17.6 Å². The number of aryl methyl sites for hydroxylation is 2. The molecule has 0 unspecified atom stereocenters. The van der Waals surface area contributed by atoms with E-state index in [4.69, 9.17) is 4.74 Å². The zero-order valence-electron chi connectivity index (χ0n) is 11.8. The summed E-state index contributed by atoms with van der Waals surface area (Å²) in [5.41, 5.74) is 3.20. The van der Waals surface area contributed by atoms with Crippen molar-refractivity contribution in [1.29, 1.82) is 0 Å². The van der Waals surface area contributed by atoms with Crippen LogP contribution in [0.3, 0.4) is 0 Å². The molecule has 1 aromatic carbocycles. The summed E-state index contributed by atoms with van der Waals surface area (Å²) in [6.07, 6.45) is 2.50. The van der Waals surface area contributed by atoms with E-state index in [1.165, 1.54) is 22.5 Å². The lowest BCUT2D eigenvalue weighted by atomic mass is 10.0. The molecule has 0 saturated heterocycles. The van der Waals surface area contributed by atoms with E-state index in [9.17, 15) is 9.59 Å². The number of ketones is 1. The van der Waals surface area contributed by atoms with Crippen molar-refractivity contribution in [2.45, 2.75) is 32.3 Å². The van der Waals surface area contributed by atoms with Crippen LogP contribution in [0.15, 0.2) is 35.7 Å². The van der Waals surface area contributed by atoms with E-state index in [1.807, 2.05) is 23.6 Å². The highest BCUT2D eigenvalue weighted by Gasteiger charge is 2.22. The Kier molecular flexibility index (Phi) is 3.88. The largest absolute Gasteiger partial charge is 0.450 e. The monoisotopic (exact) mass is 300 g/mol. The summed E-state index contributed by atoms with van der Waals surface area (Å²) < 4.78 is 5.25. The SMILES string of the molecule is C[C@H](OC(=O)c1cccs1)C(=O)c1ccc2c(c1)CCC2. The minimum Gasteiger partial charge on any atom is -0.450 e. The highest BCUT2D eigenvalue weighted by Crippen LogP contribution is 2.23. The normalized spacial score (nSPS) is 14.5. The van der Waals surface area contributed by atoms with Gasteiger partial charge in [0.15, 0.2) is 6.10 Å². The molecule has 0 amide bonds. The van der Waals surface area contributed by atoms with Gasteiger partial charge in [-0.1, -0.05) is 18.2 Å². The molecule has 1 aliphatic carbocycles. The van der Waals surface area contributed by atoms with E-state index in [-0.39, 0.29) is 5.78 Å². The van der Waals surface area contributed by atoms with Crippen LogP contribution in [0.5, 0.6) is 0 Å². The Morgan fingerprint density at radius 3 is 2.76 bits per heavy atom. The highest BCUT2D eigenvalue weighted by molar-refractivity contribution is 7.11. The Bertz CT molecular complexity index is 673. The second kappa shape index (κ2) is 5.82. The summed E-state index contributed by atoms with van der Waals surface area (Å²) in [5.74, 6) is -0.582. The molecule has 0 fully saturated rings. The fraction of sp³-hybridized carbons (Fsp3) is 0.294. The first-order valence-electron chi connectivity index (χ1n) is 7.05. The average molecular weight is 300 g/mol. The Morgan fingerprint density at radius 2 is 2.00 bits per heavy atom. The summed E-state index contributed by atoms with van der Waals surface area (Å²) in [7, 11) is 0. The summed E-state index contributed by atoms with van der Waals surface area (Å²) in [4.78, 5) is 24.8. The van der Waals surface area contributed by atoms with Crippen molar-refractivity contribution >= 4 is 23.1 Å². The van der Waals surface area contributed by atoms with Crippen molar-refractivity contribution in [2.75, 3.05) is 0 Å². The van der Waals surface area contributed by atoms with Crippen LogP contribution in [0.1, 0.15) is 44.5 Å². The number of carbonyl (C=O) groups is 2. The molecule has 0 N–H and O–H groups in total. The van der Waals surface area contributed by atoms with Crippen LogP contribution in [0.2, 0.25) is 0 Å². The van der Waals surface area contributed by atoms with Gasteiger partial charge in [-0.2, -0.15) is 0 Å². The van der Waals surface area contributed by atoms with Gasteiger partial charge in [-0.05, 0) is 54.8 Å². The van der Waals surface area contributed by atoms with Gasteiger partial charge in [-0.3, -0.25) is 4.79 Å². The molecule has 3 rings (SSSR count). The Labute approximate surface area is 127 Å². The molecule has 0 radical (unpaired) electrons. The van der Waals surface area contributed by atoms with Gasteiger partial charge in [0.25, 0.3) is 0 Å². The number of ether oxygens (including phenoxy) is 1. The van der Waals surface area contributed by atoms with E-state index >= 15 is 0 Å². The molecule has 1 atom stereocenters. The van der Waals surface area contributed by atoms with Gasteiger partial charge in [0.1, 0.15) is 4.88 Å². The molecule has 1 heterocycles. The maximum Gasteiger partial charge on any atom is 0.349 e. The topological polar surface area (TPSA) is 43.4 Å². The molecule has 21 heavy (non-hydrogen) atoms. The number of hydrogen-bond acceptors (Lipinski definition) is 4. The number of thiophene rings is 1. The molecule has 0 aliphatic heterocycles. The minimum absolute atomic E-state index is 0.144. The number of carbonyl (C=O) groups excluding carboxylic acids is 2. The number of Topliss-reactive ketones (excluding diaryl/α,β-unsaturated/α-hetero) is 1. The van der Waals surface area contributed by atoms with Gasteiger partial charge in [-0.25, -0.2) is 4.79 Å². The standard InChI is InChI=1S/C17H16O3S/c1-11(20-17(19)15-6-3-9-21-15)16(18)14-8-7-12-4-2-5-13(12)10-14/h3,6-11H,2,4-5H2,1H3/t11-/m0/s1. The molecule has 108 valence electrons. The molecule has 1 aromatic heterocycles. The van der Waals surface area contributed by atoms with Crippen LogP contribution in [0.4, 0.5) is 0 Å². The lowest BCUT2D eigenvalue weighted by Crippen LogP contribution is -2.24. The van der Waals surface area contributed by atoms with Gasteiger partial charge in [0.05, 0.1) is 0 Å².